The van der Waals surface area contributed by atoms with Crippen LogP contribution in [0.15, 0.2) is 53.6 Å². The maximum Gasteiger partial charge on any atom is 0.274 e. The summed E-state index contributed by atoms with van der Waals surface area (Å²) in [6, 6.07) is 12.0. The van der Waals surface area contributed by atoms with Gasteiger partial charge in [0.25, 0.3) is 11.5 Å². The van der Waals surface area contributed by atoms with Gasteiger partial charge in [0.15, 0.2) is 0 Å². The second-order valence-electron chi connectivity index (χ2n) is 11.4. The summed E-state index contributed by atoms with van der Waals surface area (Å²) in [5, 5.41) is 9.24. The molecule has 3 aromatic heterocycles. The zero-order valence-electron chi connectivity index (χ0n) is 24.5. The molecular formula is C32H36N6O3. The van der Waals surface area contributed by atoms with Crippen molar-refractivity contribution < 1.29 is 9.53 Å². The van der Waals surface area contributed by atoms with Crippen molar-refractivity contribution in [2.24, 2.45) is 7.05 Å². The number of nitrogens with zero attached hydrogens (tertiary/aromatic N) is 4. The fourth-order valence-corrected chi connectivity index (χ4v) is 5.69. The number of hydrogen-bond donors (Lipinski definition) is 2. The van der Waals surface area contributed by atoms with Crippen LogP contribution in [0.1, 0.15) is 41.4 Å². The first-order valence-electron chi connectivity index (χ1n) is 14.0. The molecule has 0 spiro atoms. The summed E-state index contributed by atoms with van der Waals surface area (Å²) in [6.45, 7) is 7.20. The number of carbonyl (C=O) groups is 1. The topological polar surface area (TPSA) is 97.2 Å². The van der Waals surface area contributed by atoms with E-state index in [2.05, 4.69) is 40.0 Å². The summed E-state index contributed by atoms with van der Waals surface area (Å²) in [5.41, 5.74) is 5.28. The predicted molar refractivity (Wildman–Crippen MR) is 162 cm³/mol. The van der Waals surface area contributed by atoms with Gasteiger partial charge >= 0.3 is 0 Å². The van der Waals surface area contributed by atoms with Gasteiger partial charge < -0.3 is 24.5 Å². The van der Waals surface area contributed by atoms with Crippen molar-refractivity contribution in [3.05, 3.63) is 76.0 Å². The van der Waals surface area contributed by atoms with E-state index in [-0.39, 0.29) is 17.0 Å². The van der Waals surface area contributed by atoms with Crippen LogP contribution in [0.5, 0.6) is 11.5 Å². The molecule has 5 aromatic rings. The molecule has 6 rings (SSSR count). The summed E-state index contributed by atoms with van der Waals surface area (Å²) in [5.74, 6) is 1.20. The van der Waals surface area contributed by atoms with E-state index in [0.717, 1.165) is 58.3 Å². The van der Waals surface area contributed by atoms with E-state index in [0.29, 0.717) is 28.9 Å². The van der Waals surface area contributed by atoms with E-state index in [1.807, 2.05) is 57.4 Å². The van der Waals surface area contributed by atoms with Crippen molar-refractivity contribution in [3.8, 4) is 22.6 Å². The fraction of sp³-hybridized carbons (Fsp3) is 0.344. The van der Waals surface area contributed by atoms with Gasteiger partial charge in [-0.25, -0.2) is 0 Å². The van der Waals surface area contributed by atoms with Gasteiger partial charge in [0.05, 0.1) is 18.3 Å². The van der Waals surface area contributed by atoms with Crippen molar-refractivity contribution in [1.29, 1.82) is 0 Å². The zero-order valence-corrected chi connectivity index (χ0v) is 24.5. The number of aromatic amines is 1. The van der Waals surface area contributed by atoms with Gasteiger partial charge in [-0.3, -0.25) is 14.3 Å². The second kappa shape index (κ2) is 9.92. The molecule has 2 aromatic carbocycles. The Morgan fingerprint density at radius 1 is 1.15 bits per heavy atom. The number of aryl methyl sites for hydroxylation is 3. The number of hydrogen-bond acceptors (Lipinski definition) is 5. The van der Waals surface area contributed by atoms with Crippen LogP contribution in [0.25, 0.3) is 32.9 Å². The Balaban J connectivity index is 1.59. The molecule has 1 amide bonds. The normalized spacial score (nSPS) is 14.2. The number of fused-ring (bicyclic) bond motifs is 2. The highest BCUT2D eigenvalue weighted by atomic mass is 16.5. The average Bonchev–Trinajstić information content (AvgIpc) is 3.42. The second-order valence-corrected chi connectivity index (χ2v) is 11.4. The smallest absolute Gasteiger partial charge is 0.274 e. The van der Waals surface area contributed by atoms with E-state index >= 15 is 0 Å². The number of nitrogens with one attached hydrogen (secondary N) is 2. The molecule has 9 nitrogen and oxygen atoms in total. The number of likely N-dealkylation sites (N-methyl/N-ethyl adjacent to an activating group) is 1. The Labute approximate surface area is 238 Å². The first-order chi connectivity index (χ1) is 19.6. The summed E-state index contributed by atoms with van der Waals surface area (Å²) >= 11 is 0. The third-order valence-corrected chi connectivity index (χ3v) is 8.42. The van der Waals surface area contributed by atoms with E-state index in [1.165, 1.54) is 0 Å². The number of ether oxygens (including phenoxy) is 1. The average molecular weight is 553 g/mol. The Bertz CT molecular complexity index is 1850. The Hall–Kier alpha value is -4.37. The van der Waals surface area contributed by atoms with Crippen LogP contribution in [0.3, 0.4) is 0 Å². The number of rotatable bonds is 8. The maximum absolute atomic E-state index is 13.2. The lowest BCUT2D eigenvalue weighted by Crippen LogP contribution is -2.34. The third-order valence-electron chi connectivity index (χ3n) is 8.42. The molecule has 1 saturated carbocycles. The first-order valence-corrected chi connectivity index (χ1v) is 14.0. The molecule has 212 valence electrons. The molecule has 0 saturated heterocycles. The summed E-state index contributed by atoms with van der Waals surface area (Å²) < 4.78 is 10.3. The number of aromatic nitrogens is 4. The molecule has 0 unspecified atom stereocenters. The minimum atomic E-state index is -0.254. The highest BCUT2D eigenvalue weighted by Gasteiger charge is 2.45. The van der Waals surface area contributed by atoms with Crippen molar-refractivity contribution in [1.82, 2.24) is 29.5 Å². The molecule has 41 heavy (non-hydrogen) atoms. The molecule has 1 fully saturated rings. The van der Waals surface area contributed by atoms with Crippen molar-refractivity contribution in [3.63, 3.8) is 0 Å². The lowest BCUT2D eigenvalue weighted by atomic mass is 10.0. The minimum Gasteiger partial charge on any atom is -0.456 e. The number of carbonyl (C=O) groups excluding carboxylic acids is 1. The lowest BCUT2D eigenvalue weighted by molar-refractivity contribution is 0.0951. The molecule has 0 radical (unpaired) electrons. The van der Waals surface area contributed by atoms with Crippen LogP contribution in [0.4, 0.5) is 0 Å². The standard InChI is InChI=1S/C32H36N6O3/c1-7-33-30(39)25-14-23-24(17-37(6)31(40)28(23)35-25)22-15-26-21(16-34-38(26)18-32(11-12-32)36(4)5)13-27(22)41-29-19(2)9-8-10-20(29)3/h8-10,13-17,35H,7,11-12,18H2,1-6H3,(H,33,39). The van der Waals surface area contributed by atoms with Crippen LogP contribution in [0, 0.1) is 13.8 Å². The Morgan fingerprint density at radius 3 is 2.54 bits per heavy atom. The van der Waals surface area contributed by atoms with Gasteiger partial charge in [-0.15, -0.1) is 0 Å². The number of para-hydroxylation sites is 1. The molecule has 0 atom stereocenters. The van der Waals surface area contributed by atoms with Gasteiger partial charge in [0.1, 0.15) is 22.7 Å². The van der Waals surface area contributed by atoms with Gasteiger partial charge in [0.2, 0.25) is 0 Å². The van der Waals surface area contributed by atoms with Gasteiger partial charge in [-0.1, -0.05) is 18.2 Å². The molecule has 9 heteroatoms. The molecule has 1 aliphatic carbocycles. The molecule has 0 aliphatic heterocycles. The fourth-order valence-electron chi connectivity index (χ4n) is 5.69. The molecule has 2 N–H and O–H groups in total. The quantitative estimate of drug-likeness (QED) is 0.278. The van der Waals surface area contributed by atoms with Crippen molar-refractivity contribution in [2.75, 3.05) is 20.6 Å². The van der Waals surface area contributed by atoms with Gasteiger partial charge in [-0.05, 0) is 77.0 Å². The monoisotopic (exact) mass is 552 g/mol. The van der Waals surface area contributed by atoms with E-state index < -0.39 is 0 Å². The van der Waals surface area contributed by atoms with Crippen molar-refractivity contribution >= 4 is 27.7 Å². The SMILES string of the molecule is CCNC(=O)c1cc2c(-c3cc4c(cnn4CC4(N(C)C)CC4)cc3Oc3c(C)cccc3C)cn(C)c(=O)c2[nH]1. The first kappa shape index (κ1) is 26.8. The number of benzene rings is 2. The predicted octanol–water partition coefficient (Wildman–Crippen LogP) is 5.14. The van der Waals surface area contributed by atoms with Gasteiger partial charge in [-0.2, -0.15) is 5.10 Å². The highest BCUT2D eigenvalue weighted by molar-refractivity contribution is 6.04. The van der Waals surface area contributed by atoms with Crippen LogP contribution in [-0.4, -0.2) is 56.3 Å². The van der Waals surface area contributed by atoms with Crippen molar-refractivity contribution in [2.45, 2.75) is 45.7 Å². The molecule has 0 bridgehead atoms. The summed E-state index contributed by atoms with van der Waals surface area (Å²) in [7, 11) is 5.97. The van der Waals surface area contributed by atoms with Gasteiger partial charge in [0, 0.05) is 47.2 Å². The maximum atomic E-state index is 13.2. The molecule has 1 aliphatic rings. The van der Waals surface area contributed by atoms with Crippen LogP contribution >= 0.6 is 0 Å². The lowest BCUT2D eigenvalue weighted by Gasteiger charge is -2.24. The van der Waals surface area contributed by atoms with E-state index in [1.54, 1.807) is 17.7 Å². The Morgan fingerprint density at radius 2 is 1.88 bits per heavy atom. The van der Waals surface area contributed by atoms with Crippen LogP contribution in [0.2, 0.25) is 0 Å². The van der Waals surface area contributed by atoms with Crippen LogP contribution in [-0.2, 0) is 13.6 Å². The number of H-pyrrole nitrogens is 1. The zero-order chi connectivity index (χ0) is 29.1. The van der Waals surface area contributed by atoms with Crippen LogP contribution < -0.4 is 15.6 Å². The summed E-state index contributed by atoms with van der Waals surface area (Å²) in [4.78, 5) is 31.3. The largest absolute Gasteiger partial charge is 0.456 e. The van der Waals surface area contributed by atoms with E-state index in [9.17, 15) is 9.59 Å². The third kappa shape index (κ3) is 4.60. The summed E-state index contributed by atoms with van der Waals surface area (Å²) in [6.07, 6.45) is 5.98. The molecule has 3 heterocycles. The Kier molecular flexibility index (Phi) is 6.49. The number of pyridine rings is 1. The highest BCUT2D eigenvalue weighted by Crippen LogP contribution is 2.44. The molecular weight excluding hydrogens is 516 g/mol. The minimum absolute atomic E-state index is 0.110. The number of amides is 1. The van der Waals surface area contributed by atoms with E-state index in [4.69, 9.17) is 9.84 Å².